The van der Waals surface area contributed by atoms with Gasteiger partial charge in [-0.3, -0.25) is 9.59 Å². The van der Waals surface area contributed by atoms with Gasteiger partial charge in [0, 0.05) is 12.1 Å². The molecule has 3 N–H and O–H groups in total. The molecule has 0 spiro atoms. The number of carbonyl (C=O) groups is 2. The number of nitrogens with zero attached hydrogens (tertiary/aromatic N) is 1. The van der Waals surface area contributed by atoms with Crippen LogP contribution in [0.3, 0.4) is 0 Å². The van der Waals surface area contributed by atoms with E-state index in [1.807, 2.05) is 42.5 Å². The highest BCUT2D eigenvalue weighted by atomic mass is 16.7. The predicted molar refractivity (Wildman–Crippen MR) is 171 cm³/mol. The molecule has 10 heteroatoms. The predicted octanol–water partition coefficient (Wildman–Crippen LogP) is 4.49. The maximum Gasteiger partial charge on any atom is 0.481 e. The van der Waals surface area contributed by atoms with Crippen LogP contribution in [0, 0.1) is 17.3 Å². The quantitative estimate of drug-likeness (QED) is 0.299. The summed E-state index contributed by atoms with van der Waals surface area (Å²) >= 11 is 0. The molecule has 6 atom stereocenters. The van der Waals surface area contributed by atoms with E-state index in [9.17, 15) is 9.59 Å². The number of rotatable bonds is 10. The van der Waals surface area contributed by atoms with Crippen LogP contribution in [0.5, 0.6) is 11.5 Å². The Labute approximate surface area is 266 Å². The summed E-state index contributed by atoms with van der Waals surface area (Å²) < 4.78 is 24.3. The van der Waals surface area contributed by atoms with Gasteiger partial charge in [0.25, 0.3) is 5.91 Å². The number of amides is 2. The monoisotopic (exact) mass is 615 g/mol. The van der Waals surface area contributed by atoms with E-state index < -0.39 is 13.2 Å². The van der Waals surface area contributed by atoms with Gasteiger partial charge < -0.3 is 34.7 Å². The first-order valence-corrected chi connectivity index (χ1v) is 16.8. The van der Waals surface area contributed by atoms with Gasteiger partial charge >= 0.3 is 7.12 Å². The van der Waals surface area contributed by atoms with Gasteiger partial charge in [-0.2, -0.15) is 0 Å². The zero-order valence-electron chi connectivity index (χ0n) is 26.8. The zero-order chi connectivity index (χ0) is 31.3. The Morgan fingerprint density at radius 3 is 2.71 bits per heavy atom. The lowest BCUT2D eigenvalue weighted by molar-refractivity contribution is -0.199. The van der Waals surface area contributed by atoms with Crippen molar-refractivity contribution in [2.24, 2.45) is 23.0 Å². The topological polar surface area (TPSA) is 112 Å². The second-order valence-electron chi connectivity index (χ2n) is 14.5. The fourth-order valence-electron chi connectivity index (χ4n) is 8.68. The number of unbranched alkanes of at least 4 members (excludes halogenated alkanes) is 1. The van der Waals surface area contributed by atoms with Crippen molar-refractivity contribution in [2.75, 3.05) is 19.9 Å². The summed E-state index contributed by atoms with van der Waals surface area (Å²) in [7, 11) is -0.504. The molecule has 2 aromatic rings. The lowest BCUT2D eigenvalue weighted by Crippen LogP contribution is -2.65. The number of nitrogens with two attached hydrogens (primary N) is 1. The van der Waals surface area contributed by atoms with E-state index in [0.717, 1.165) is 54.7 Å². The van der Waals surface area contributed by atoms with E-state index in [0.29, 0.717) is 43.3 Å². The molecule has 3 aliphatic heterocycles. The molecule has 2 amide bonds. The van der Waals surface area contributed by atoms with Crippen LogP contribution in [0.4, 0.5) is 0 Å². The van der Waals surface area contributed by atoms with Gasteiger partial charge in [-0.05, 0) is 111 Å². The first-order valence-electron chi connectivity index (χ1n) is 16.8. The van der Waals surface area contributed by atoms with Crippen molar-refractivity contribution >= 4 is 18.9 Å². The Morgan fingerprint density at radius 1 is 1.07 bits per heavy atom. The fraction of sp³-hybridized carbons (Fsp3) is 0.600. The molecule has 45 heavy (non-hydrogen) atoms. The minimum Gasteiger partial charge on any atom is -0.454 e. The van der Waals surface area contributed by atoms with Crippen LogP contribution >= 0.6 is 0 Å². The van der Waals surface area contributed by atoms with Crippen LogP contribution < -0.4 is 20.5 Å². The molecule has 3 aliphatic carbocycles. The third-order valence-electron chi connectivity index (χ3n) is 11.4. The fourth-order valence-corrected chi connectivity index (χ4v) is 8.68. The molecule has 3 saturated carbocycles. The number of hydrogen-bond acceptors (Lipinski definition) is 7. The average Bonchev–Trinajstić information content (AvgIpc) is 3.78. The maximum atomic E-state index is 13.9. The van der Waals surface area contributed by atoms with E-state index in [1.165, 1.54) is 6.42 Å². The first-order chi connectivity index (χ1) is 21.7. The highest BCUT2D eigenvalue weighted by Crippen LogP contribution is 2.65. The molecular formula is C35H46BN3O6. The van der Waals surface area contributed by atoms with Gasteiger partial charge in [-0.15, -0.1) is 0 Å². The number of carbonyl (C=O) groups excluding carboxylic acids is 2. The maximum absolute atomic E-state index is 13.9. The van der Waals surface area contributed by atoms with Crippen LogP contribution in [-0.2, 0) is 20.5 Å². The molecule has 2 saturated heterocycles. The number of fused-ring (bicyclic) bond motifs is 1. The summed E-state index contributed by atoms with van der Waals surface area (Å²) in [5.41, 5.74) is 8.40. The molecule has 2 bridgehead atoms. The molecule has 2 aromatic carbocycles. The number of benzene rings is 2. The van der Waals surface area contributed by atoms with Crippen LogP contribution in [0.1, 0.15) is 87.2 Å². The average molecular weight is 616 g/mol. The summed E-state index contributed by atoms with van der Waals surface area (Å²) in [5.74, 6) is 2.05. The largest absolute Gasteiger partial charge is 0.481 e. The molecule has 0 unspecified atom stereocenters. The molecule has 8 rings (SSSR count). The van der Waals surface area contributed by atoms with Gasteiger partial charge in [0.05, 0.1) is 17.6 Å². The Kier molecular flexibility index (Phi) is 8.11. The van der Waals surface area contributed by atoms with Crippen LogP contribution in [0.25, 0.3) is 0 Å². The molecule has 240 valence electrons. The summed E-state index contributed by atoms with van der Waals surface area (Å²) in [5, 5.41) is 3.29. The summed E-state index contributed by atoms with van der Waals surface area (Å²) in [6.45, 7) is 8.30. The molecule has 0 radical (unpaired) electrons. The van der Waals surface area contributed by atoms with Crippen molar-refractivity contribution in [3.8, 4) is 11.5 Å². The van der Waals surface area contributed by atoms with E-state index >= 15 is 0 Å². The SMILES string of the molecule is CC1(C)[C@@H]2C[C@H]1[C@]1(C)OB([C@H](CCCCN)NC(=O)[C@@H]3CCCN3C(=O)c3cccc(Cc4ccc5c(c4)OCO5)c3)O[C@@H]1C2. The number of likely N-dealkylation sites (tertiary alicyclic amines) is 1. The van der Waals surface area contributed by atoms with Gasteiger partial charge in [0.15, 0.2) is 11.5 Å². The Morgan fingerprint density at radius 2 is 1.89 bits per heavy atom. The Balaban J connectivity index is 1.03. The number of nitrogens with one attached hydrogen (secondary N) is 1. The smallest absolute Gasteiger partial charge is 0.454 e. The van der Waals surface area contributed by atoms with Crippen molar-refractivity contribution < 1.29 is 28.4 Å². The number of hydrogen-bond donors (Lipinski definition) is 2. The van der Waals surface area contributed by atoms with Gasteiger partial charge in [0.1, 0.15) is 6.04 Å². The van der Waals surface area contributed by atoms with Gasteiger partial charge in [-0.1, -0.05) is 38.5 Å². The first kappa shape index (κ1) is 30.6. The molecule has 0 aromatic heterocycles. The second-order valence-corrected chi connectivity index (χ2v) is 14.5. The van der Waals surface area contributed by atoms with Crippen molar-refractivity contribution in [3.05, 3.63) is 59.2 Å². The molecule has 9 nitrogen and oxygen atoms in total. The minimum absolute atomic E-state index is 0.0442. The van der Waals surface area contributed by atoms with Crippen molar-refractivity contribution in [2.45, 2.75) is 95.8 Å². The molecule has 6 aliphatic rings. The van der Waals surface area contributed by atoms with Crippen LogP contribution in [0.15, 0.2) is 42.5 Å². The van der Waals surface area contributed by atoms with Crippen LogP contribution in [0.2, 0.25) is 0 Å². The highest BCUT2D eigenvalue weighted by molar-refractivity contribution is 6.48. The Hall–Kier alpha value is -3.08. The Bertz CT molecular complexity index is 1450. The minimum atomic E-state index is -0.530. The van der Waals surface area contributed by atoms with Crippen molar-refractivity contribution in [1.82, 2.24) is 10.2 Å². The van der Waals surface area contributed by atoms with Crippen molar-refractivity contribution in [1.29, 1.82) is 0 Å². The summed E-state index contributed by atoms with van der Waals surface area (Å²) in [6.07, 6.45) is 6.75. The molecule has 3 heterocycles. The summed E-state index contributed by atoms with van der Waals surface area (Å²) in [4.78, 5) is 29.5. The molecular weight excluding hydrogens is 569 g/mol. The third kappa shape index (κ3) is 5.53. The molecule has 5 fully saturated rings. The van der Waals surface area contributed by atoms with E-state index in [1.54, 1.807) is 4.90 Å². The van der Waals surface area contributed by atoms with Crippen LogP contribution in [-0.4, -0.2) is 67.4 Å². The lowest BCUT2D eigenvalue weighted by Gasteiger charge is -2.64. The van der Waals surface area contributed by atoms with Gasteiger partial charge in [0.2, 0.25) is 12.7 Å². The number of ether oxygens (including phenoxy) is 2. The van der Waals surface area contributed by atoms with E-state index in [4.69, 9.17) is 24.5 Å². The lowest BCUT2D eigenvalue weighted by atomic mass is 9.43. The van der Waals surface area contributed by atoms with E-state index in [2.05, 4.69) is 26.1 Å². The highest BCUT2D eigenvalue weighted by Gasteiger charge is 2.68. The normalized spacial score (nSPS) is 29.7. The van der Waals surface area contributed by atoms with Gasteiger partial charge in [-0.25, -0.2) is 0 Å². The van der Waals surface area contributed by atoms with Crippen molar-refractivity contribution in [3.63, 3.8) is 0 Å². The summed E-state index contributed by atoms with van der Waals surface area (Å²) in [6, 6.07) is 13.1. The van der Waals surface area contributed by atoms with E-state index in [-0.39, 0.29) is 41.7 Å². The second kappa shape index (κ2) is 11.9. The standard InChI is InChI=1S/C35H46BN3O6/c1-34(2)25-19-29(34)35(3)30(20-25)44-36(45-35)31(11-4-5-14-37)38-32(40)26-10-7-15-39(26)33(41)24-9-6-8-22(17-24)16-23-12-13-27-28(18-23)43-21-42-27/h6,8-9,12-13,17-18,25-26,29-31H,4-5,7,10-11,14-16,19-21,37H2,1-3H3,(H,38,40)/t25-,26+,29-,30-,31+,35+/m1/s1. The third-order valence-corrected chi connectivity index (χ3v) is 11.4. The zero-order valence-corrected chi connectivity index (χ0v) is 26.8.